The van der Waals surface area contributed by atoms with Crippen LogP contribution in [0.25, 0.3) is 16.8 Å². The van der Waals surface area contributed by atoms with Crippen LogP contribution in [0.3, 0.4) is 0 Å². The third-order valence-corrected chi connectivity index (χ3v) is 3.91. The number of rotatable bonds is 3. The van der Waals surface area contributed by atoms with E-state index in [1.165, 1.54) is 0 Å². The van der Waals surface area contributed by atoms with Crippen LogP contribution in [0.2, 0.25) is 0 Å². The highest BCUT2D eigenvalue weighted by Crippen LogP contribution is 2.11. The van der Waals surface area contributed by atoms with Crippen molar-refractivity contribution in [3.8, 4) is 11.8 Å². The summed E-state index contributed by atoms with van der Waals surface area (Å²) in [6.07, 6.45) is 5.31. The number of pyridine rings is 1. The number of nitrogen functional groups attached to an aromatic ring is 1. The largest absolute Gasteiger partial charge is 0.396 e. The van der Waals surface area contributed by atoms with Gasteiger partial charge in [0.05, 0.1) is 23.6 Å². The molecule has 0 saturated heterocycles. The number of amides is 1. The first kappa shape index (κ1) is 16.5. The minimum absolute atomic E-state index is 0.164. The molecule has 0 spiro atoms. The molecule has 4 heterocycles. The summed E-state index contributed by atoms with van der Waals surface area (Å²) in [4.78, 5) is 27.8. The number of aromatic nitrogens is 6. The van der Waals surface area contributed by atoms with Crippen LogP contribution in [-0.4, -0.2) is 41.5 Å². The Balaban J connectivity index is 1.42. The second-order valence-corrected chi connectivity index (χ2v) is 6.01. The number of nitrogens with two attached hydrogens (primary N) is 1. The molecule has 0 aliphatic heterocycles. The number of hydrogen-bond donors (Lipinski definition) is 3. The first-order valence-electron chi connectivity index (χ1n) is 8.30. The maximum Gasteiger partial charge on any atom is 0.287 e. The van der Waals surface area contributed by atoms with Crippen molar-refractivity contribution in [2.24, 2.45) is 0 Å². The molecule has 1 amide bonds. The lowest BCUT2D eigenvalue weighted by molar-refractivity contribution is 0.0931. The van der Waals surface area contributed by atoms with E-state index in [9.17, 15) is 4.79 Å². The summed E-state index contributed by atoms with van der Waals surface area (Å²) >= 11 is 0. The van der Waals surface area contributed by atoms with Gasteiger partial charge < -0.3 is 16.0 Å². The second kappa shape index (κ2) is 6.76. The Morgan fingerprint density at radius 3 is 3.11 bits per heavy atom. The first-order valence-corrected chi connectivity index (χ1v) is 8.30. The SMILES string of the molecule is C[C@@H](CC#Cc1cnc2c(N)ccnn12)NC(=O)c1nc2ncccc2[nH]1. The number of hydrogen-bond acceptors (Lipinski definition) is 6. The molecule has 27 heavy (non-hydrogen) atoms. The van der Waals surface area contributed by atoms with Crippen molar-refractivity contribution in [3.63, 3.8) is 0 Å². The highest BCUT2D eigenvalue weighted by atomic mass is 16.2. The van der Waals surface area contributed by atoms with E-state index in [1.54, 1.807) is 35.2 Å². The summed E-state index contributed by atoms with van der Waals surface area (Å²) < 4.78 is 1.59. The normalized spacial score (nSPS) is 11.9. The quantitative estimate of drug-likeness (QED) is 0.470. The van der Waals surface area contributed by atoms with Crippen molar-refractivity contribution < 1.29 is 4.79 Å². The van der Waals surface area contributed by atoms with E-state index in [4.69, 9.17) is 5.73 Å². The van der Waals surface area contributed by atoms with Crippen LogP contribution >= 0.6 is 0 Å². The van der Waals surface area contributed by atoms with Gasteiger partial charge in [0.25, 0.3) is 5.91 Å². The number of imidazole rings is 2. The van der Waals surface area contributed by atoms with Gasteiger partial charge in [-0.15, -0.1) is 0 Å². The van der Waals surface area contributed by atoms with Crippen molar-refractivity contribution in [1.82, 2.24) is 34.9 Å². The zero-order valence-corrected chi connectivity index (χ0v) is 14.5. The Hall–Kier alpha value is -3.93. The fourth-order valence-corrected chi connectivity index (χ4v) is 2.59. The van der Waals surface area contributed by atoms with Crippen molar-refractivity contribution in [3.05, 3.63) is 48.3 Å². The van der Waals surface area contributed by atoms with Crippen LogP contribution in [0.1, 0.15) is 29.7 Å². The number of H-pyrrole nitrogens is 1. The molecular formula is C18H16N8O. The molecule has 4 rings (SSSR count). The summed E-state index contributed by atoms with van der Waals surface area (Å²) in [5, 5.41) is 7.05. The lowest BCUT2D eigenvalue weighted by Gasteiger charge is -2.08. The average molecular weight is 360 g/mol. The summed E-state index contributed by atoms with van der Waals surface area (Å²) in [5.41, 5.74) is 8.83. The Kier molecular flexibility index (Phi) is 4.14. The van der Waals surface area contributed by atoms with Gasteiger partial charge >= 0.3 is 0 Å². The molecule has 4 aromatic rings. The standard InChI is InChI=1S/C18H16N8O/c1-11(23-18(27)16-24-14-6-3-8-20-15(14)25-16)4-2-5-12-10-21-17-13(19)7-9-22-26(12)17/h3,6-11H,4,19H2,1H3,(H,23,27)(H,20,24,25)/t11-/m0/s1. The molecule has 0 fully saturated rings. The topological polar surface area (TPSA) is 127 Å². The molecule has 0 radical (unpaired) electrons. The third kappa shape index (κ3) is 3.28. The Bertz CT molecular complexity index is 1160. The minimum Gasteiger partial charge on any atom is -0.396 e. The molecule has 9 heteroatoms. The van der Waals surface area contributed by atoms with E-state index >= 15 is 0 Å². The molecule has 0 unspecified atom stereocenters. The molecule has 0 aliphatic rings. The zero-order valence-electron chi connectivity index (χ0n) is 14.5. The van der Waals surface area contributed by atoms with Gasteiger partial charge in [-0.3, -0.25) is 4.79 Å². The zero-order chi connectivity index (χ0) is 18.8. The number of anilines is 1. The average Bonchev–Trinajstić information content (AvgIpc) is 3.27. The lowest BCUT2D eigenvalue weighted by Crippen LogP contribution is -2.32. The first-order chi connectivity index (χ1) is 13.1. The van der Waals surface area contributed by atoms with Crippen molar-refractivity contribution in [2.75, 3.05) is 5.73 Å². The van der Waals surface area contributed by atoms with E-state index in [2.05, 4.69) is 42.2 Å². The van der Waals surface area contributed by atoms with E-state index in [-0.39, 0.29) is 17.8 Å². The minimum atomic E-state index is -0.299. The molecule has 0 saturated carbocycles. The van der Waals surface area contributed by atoms with Crippen LogP contribution in [0.4, 0.5) is 5.69 Å². The summed E-state index contributed by atoms with van der Waals surface area (Å²) in [7, 11) is 0. The molecule has 0 aromatic carbocycles. The van der Waals surface area contributed by atoms with Crippen LogP contribution in [0.15, 0.2) is 36.8 Å². The van der Waals surface area contributed by atoms with Crippen molar-refractivity contribution in [1.29, 1.82) is 0 Å². The monoisotopic (exact) mass is 360 g/mol. The molecule has 0 bridgehead atoms. The predicted molar refractivity (Wildman–Crippen MR) is 99.7 cm³/mol. The van der Waals surface area contributed by atoms with Crippen molar-refractivity contribution in [2.45, 2.75) is 19.4 Å². The van der Waals surface area contributed by atoms with Crippen LogP contribution in [0.5, 0.6) is 0 Å². The molecule has 4 aromatic heterocycles. The summed E-state index contributed by atoms with van der Waals surface area (Å²) in [6.45, 7) is 1.87. The Labute approximate surface area is 154 Å². The Morgan fingerprint density at radius 2 is 2.26 bits per heavy atom. The van der Waals surface area contributed by atoms with Gasteiger partial charge in [0.2, 0.25) is 0 Å². The number of nitrogens with one attached hydrogen (secondary N) is 2. The molecular weight excluding hydrogens is 344 g/mol. The molecule has 9 nitrogen and oxygen atoms in total. The number of carbonyl (C=O) groups is 1. The van der Waals surface area contributed by atoms with Crippen molar-refractivity contribution >= 4 is 28.4 Å². The van der Waals surface area contributed by atoms with Crippen LogP contribution < -0.4 is 11.1 Å². The van der Waals surface area contributed by atoms with E-state index in [1.807, 2.05) is 13.0 Å². The molecule has 0 aliphatic carbocycles. The maximum absolute atomic E-state index is 12.3. The van der Waals surface area contributed by atoms with E-state index in [0.717, 1.165) is 5.52 Å². The molecule has 134 valence electrons. The van der Waals surface area contributed by atoms with E-state index < -0.39 is 0 Å². The smallest absolute Gasteiger partial charge is 0.287 e. The number of nitrogens with zero attached hydrogens (tertiary/aromatic N) is 5. The fourth-order valence-electron chi connectivity index (χ4n) is 2.59. The van der Waals surface area contributed by atoms with Gasteiger partial charge in [-0.05, 0) is 31.0 Å². The maximum atomic E-state index is 12.3. The number of aromatic amines is 1. The number of fused-ring (bicyclic) bond motifs is 2. The fraction of sp³-hybridized carbons (Fsp3) is 0.167. The highest BCUT2D eigenvalue weighted by molar-refractivity contribution is 5.93. The van der Waals surface area contributed by atoms with Crippen LogP contribution in [0, 0.1) is 11.8 Å². The van der Waals surface area contributed by atoms with Gasteiger partial charge in [-0.25, -0.2) is 19.5 Å². The Morgan fingerprint density at radius 1 is 1.37 bits per heavy atom. The summed E-state index contributed by atoms with van der Waals surface area (Å²) in [5.74, 6) is 5.97. The third-order valence-electron chi connectivity index (χ3n) is 3.91. The van der Waals surface area contributed by atoms with Gasteiger partial charge in [-0.1, -0.05) is 5.92 Å². The highest BCUT2D eigenvalue weighted by Gasteiger charge is 2.14. The second-order valence-electron chi connectivity index (χ2n) is 6.01. The number of carbonyl (C=O) groups excluding carboxylic acids is 1. The molecule has 4 N–H and O–H groups in total. The predicted octanol–water partition coefficient (Wildman–Crippen LogP) is 1.14. The summed E-state index contributed by atoms with van der Waals surface area (Å²) in [6, 6.07) is 5.12. The van der Waals surface area contributed by atoms with Gasteiger partial charge in [0.1, 0.15) is 5.69 Å². The lowest BCUT2D eigenvalue weighted by atomic mass is 10.2. The van der Waals surface area contributed by atoms with Crippen LogP contribution in [-0.2, 0) is 0 Å². The van der Waals surface area contributed by atoms with Gasteiger partial charge in [0.15, 0.2) is 17.1 Å². The van der Waals surface area contributed by atoms with Gasteiger partial charge in [0, 0.05) is 18.7 Å². The molecule has 1 atom stereocenters. The van der Waals surface area contributed by atoms with E-state index in [0.29, 0.717) is 29.1 Å². The van der Waals surface area contributed by atoms with Gasteiger partial charge in [-0.2, -0.15) is 5.10 Å².